The molecule has 1 aromatic rings. The van der Waals surface area contributed by atoms with E-state index in [2.05, 4.69) is 11.4 Å². The fourth-order valence-electron chi connectivity index (χ4n) is 1.83. The predicted molar refractivity (Wildman–Crippen MR) is 76.9 cm³/mol. The van der Waals surface area contributed by atoms with Gasteiger partial charge in [0.2, 0.25) is 0 Å². The van der Waals surface area contributed by atoms with E-state index in [9.17, 15) is 9.90 Å². The number of likely N-dealkylation sites (N-methyl/N-ethyl adjacent to an activating group) is 1. The Kier molecular flexibility index (Phi) is 5.53. The minimum absolute atomic E-state index is 0.225. The zero-order chi connectivity index (χ0) is 15.2. The van der Waals surface area contributed by atoms with Gasteiger partial charge in [-0.15, -0.1) is 0 Å². The van der Waals surface area contributed by atoms with Gasteiger partial charge in [0.1, 0.15) is 0 Å². The Bertz CT molecular complexity index is 501. The SMILES string of the molecule is CCN(CC(C)(C)O)C(=O)NCc1cccc(C#N)c1. The van der Waals surface area contributed by atoms with E-state index in [0.29, 0.717) is 18.7 Å². The second-order valence-corrected chi connectivity index (χ2v) is 5.30. The molecule has 0 fully saturated rings. The second-order valence-electron chi connectivity index (χ2n) is 5.30. The number of carbonyl (C=O) groups excluding carboxylic acids is 1. The van der Waals surface area contributed by atoms with Gasteiger partial charge < -0.3 is 15.3 Å². The van der Waals surface area contributed by atoms with Gasteiger partial charge in [-0.2, -0.15) is 5.26 Å². The molecule has 0 aromatic heterocycles. The van der Waals surface area contributed by atoms with Gasteiger partial charge in [-0.05, 0) is 38.5 Å². The third kappa shape index (κ3) is 5.29. The van der Waals surface area contributed by atoms with Crippen LogP contribution in [0.1, 0.15) is 31.9 Å². The molecule has 0 atom stereocenters. The van der Waals surface area contributed by atoms with Crippen LogP contribution in [-0.2, 0) is 6.54 Å². The van der Waals surface area contributed by atoms with Crippen LogP contribution in [0.25, 0.3) is 0 Å². The molecule has 1 rings (SSSR count). The number of rotatable bonds is 5. The quantitative estimate of drug-likeness (QED) is 0.861. The normalized spacial score (nSPS) is 10.8. The van der Waals surface area contributed by atoms with E-state index in [-0.39, 0.29) is 12.6 Å². The lowest BCUT2D eigenvalue weighted by atomic mass is 10.1. The molecule has 5 heteroatoms. The first-order chi connectivity index (χ1) is 9.35. The van der Waals surface area contributed by atoms with Crippen LogP contribution in [0.5, 0.6) is 0 Å². The summed E-state index contributed by atoms with van der Waals surface area (Å²) < 4.78 is 0. The van der Waals surface area contributed by atoms with Gasteiger partial charge in [-0.1, -0.05) is 12.1 Å². The van der Waals surface area contributed by atoms with E-state index in [1.54, 1.807) is 36.9 Å². The van der Waals surface area contributed by atoms with Crippen molar-refractivity contribution in [1.82, 2.24) is 10.2 Å². The summed E-state index contributed by atoms with van der Waals surface area (Å²) >= 11 is 0. The molecule has 0 saturated heterocycles. The Labute approximate surface area is 119 Å². The van der Waals surface area contributed by atoms with Crippen LogP contribution in [0.4, 0.5) is 4.79 Å². The first-order valence-electron chi connectivity index (χ1n) is 6.60. The topological polar surface area (TPSA) is 76.4 Å². The van der Waals surface area contributed by atoms with Gasteiger partial charge >= 0.3 is 6.03 Å². The number of amides is 2. The van der Waals surface area contributed by atoms with E-state index < -0.39 is 5.60 Å². The number of hydrogen-bond donors (Lipinski definition) is 2. The van der Waals surface area contributed by atoms with Gasteiger partial charge in [-0.3, -0.25) is 0 Å². The number of benzene rings is 1. The monoisotopic (exact) mass is 275 g/mol. The smallest absolute Gasteiger partial charge is 0.317 e. The van der Waals surface area contributed by atoms with E-state index in [1.807, 2.05) is 13.0 Å². The van der Waals surface area contributed by atoms with Gasteiger partial charge in [0.25, 0.3) is 0 Å². The lowest BCUT2D eigenvalue weighted by Crippen LogP contribution is -2.46. The maximum atomic E-state index is 12.0. The Morgan fingerprint density at radius 3 is 2.75 bits per heavy atom. The average Bonchev–Trinajstić information content (AvgIpc) is 2.41. The molecule has 0 radical (unpaired) electrons. The summed E-state index contributed by atoms with van der Waals surface area (Å²) in [4.78, 5) is 13.6. The van der Waals surface area contributed by atoms with Gasteiger partial charge in [0.15, 0.2) is 0 Å². The van der Waals surface area contributed by atoms with E-state index >= 15 is 0 Å². The van der Waals surface area contributed by atoms with Crippen molar-refractivity contribution in [1.29, 1.82) is 5.26 Å². The maximum Gasteiger partial charge on any atom is 0.317 e. The van der Waals surface area contributed by atoms with Gasteiger partial charge in [0, 0.05) is 13.1 Å². The molecule has 1 aromatic carbocycles. The number of carbonyl (C=O) groups is 1. The highest BCUT2D eigenvalue weighted by atomic mass is 16.3. The minimum Gasteiger partial charge on any atom is -0.389 e. The molecular weight excluding hydrogens is 254 g/mol. The van der Waals surface area contributed by atoms with Crippen molar-refractivity contribution in [3.05, 3.63) is 35.4 Å². The minimum atomic E-state index is -0.923. The molecular formula is C15H21N3O2. The maximum absolute atomic E-state index is 12.0. The van der Waals surface area contributed by atoms with E-state index in [1.165, 1.54) is 0 Å². The van der Waals surface area contributed by atoms with Gasteiger partial charge in [0.05, 0.1) is 23.8 Å². The van der Waals surface area contributed by atoms with Crippen LogP contribution in [-0.4, -0.2) is 34.7 Å². The molecule has 0 saturated carbocycles. The Hall–Kier alpha value is -2.06. The van der Waals surface area contributed by atoms with Crippen molar-refractivity contribution in [2.24, 2.45) is 0 Å². The number of aliphatic hydroxyl groups is 1. The van der Waals surface area contributed by atoms with Crippen molar-refractivity contribution >= 4 is 6.03 Å². The standard InChI is InChI=1S/C15H21N3O2/c1-4-18(11-15(2,3)20)14(19)17-10-13-7-5-6-12(8-13)9-16/h5-8,20H,4,10-11H2,1-3H3,(H,17,19). The zero-order valence-corrected chi connectivity index (χ0v) is 12.2. The third-order valence-corrected chi connectivity index (χ3v) is 2.75. The summed E-state index contributed by atoms with van der Waals surface area (Å²) in [7, 11) is 0. The highest BCUT2D eigenvalue weighted by molar-refractivity contribution is 5.74. The molecule has 5 nitrogen and oxygen atoms in total. The summed E-state index contributed by atoms with van der Waals surface area (Å²) in [6, 6.07) is 8.94. The fourth-order valence-corrected chi connectivity index (χ4v) is 1.83. The molecule has 2 N–H and O–H groups in total. The van der Waals surface area contributed by atoms with Crippen molar-refractivity contribution < 1.29 is 9.90 Å². The summed E-state index contributed by atoms with van der Waals surface area (Å²) in [6.45, 7) is 6.35. The average molecular weight is 275 g/mol. The number of nitrogens with one attached hydrogen (secondary N) is 1. The molecule has 2 amide bonds. The molecule has 108 valence electrons. The Balaban J connectivity index is 2.59. The fraction of sp³-hybridized carbons (Fsp3) is 0.467. The number of nitriles is 1. The third-order valence-electron chi connectivity index (χ3n) is 2.75. The molecule has 20 heavy (non-hydrogen) atoms. The van der Waals surface area contributed by atoms with Crippen LogP contribution in [0, 0.1) is 11.3 Å². The number of hydrogen-bond acceptors (Lipinski definition) is 3. The summed E-state index contributed by atoms with van der Waals surface area (Å²) in [5.74, 6) is 0. The lowest BCUT2D eigenvalue weighted by molar-refractivity contribution is 0.0480. The highest BCUT2D eigenvalue weighted by Crippen LogP contribution is 2.06. The number of nitrogens with zero attached hydrogens (tertiary/aromatic N) is 2. The highest BCUT2D eigenvalue weighted by Gasteiger charge is 2.20. The van der Waals surface area contributed by atoms with Crippen LogP contribution < -0.4 is 5.32 Å². The van der Waals surface area contributed by atoms with Gasteiger partial charge in [-0.25, -0.2) is 4.79 Å². The zero-order valence-electron chi connectivity index (χ0n) is 12.2. The number of urea groups is 1. The summed E-state index contributed by atoms with van der Waals surface area (Å²) in [6.07, 6.45) is 0. The molecule has 0 bridgehead atoms. The molecule has 0 aliphatic carbocycles. The van der Waals surface area contributed by atoms with Crippen LogP contribution in [0.15, 0.2) is 24.3 Å². The first kappa shape index (κ1) is 16.0. The predicted octanol–water partition coefficient (Wildman–Crippen LogP) is 1.86. The van der Waals surface area contributed by atoms with Crippen LogP contribution in [0.3, 0.4) is 0 Å². The van der Waals surface area contributed by atoms with Crippen LogP contribution in [0.2, 0.25) is 0 Å². The van der Waals surface area contributed by atoms with Crippen LogP contribution >= 0.6 is 0 Å². The summed E-state index contributed by atoms with van der Waals surface area (Å²) in [5.41, 5.74) is 0.519. The Morgan fingerprint density at radius 2 is 2.20 bits per heavy atom. The largest absolute Gasteiger partial charge is 0.389 e. The first-order valence-corrected chi connectivity index (χ1v) is 6.60. The van der Waals surface area contributed by atoms with E-state index in [0.717, 1.165) is 5.56 Å². The van der Waals surface area contributed by atoms with E-state index in [4.69, 9.17) is 5.26 Å². The lowest BCUT2D eigenvalue weighted by Gasteiger charge is -2.28. The molecule has 0 heterocycles. The second kappa shape index (κ2) is 6.92. The van der Waals surface area contributed by atoms with Crippen molar-refractivity contribution in [3.63, 3.8) is 0 Å². The van der Waals surface area contributed by atoms with Crippen molar-refractivity contribution in [2.75, 3.05) is 13.1 Å². The van der Waals surface area contributed by atoms with Crippen molar-refractivity contribution in [3.8, 4) is 6.07 Å². The molecule has 0 aliphatic rings. The molecule has 0 spiro atoms. The molecule has 0 aliphatic heterocycles. The molecule has 0 unspecified atom stereocenters. The Morgan fingerprint density at radius 1 is 1.50 bits per heavy atom. The summed E-state index contributed by atoms with van der Waals surface area (Å²) in [5, 5.41) is 21.4. The van der Waals surface area contributed by atoms with Crippen molar-refractivity contribution in [2.45, 2.75) is 32.9 Å².